The first kappa shape index (κ1) is 15.0. The summed E-state index contributed by atoms with van der Waals surface area (Å²) in [6.45, 7) is 2.06. The molecule has 116 valence electrons. The van der Waals surface area contributed by atoms with Gasteiger partial charge in [0.1, 0.15) is 0 Å². The first-order valence-corrected chi connectivity index (χ1v) is 7.47. The highest BCUT2D eigenvalue weighted by atomic mass is 16.4. The van der Waals surface area contributed by atoms with Crippen LogP contribution in [-0.2, 0) is 11.3 Å². The predicted octanol–water partition coefficient (Wildman–Crippen LogP) is 3.24. The second-order valence-corrected chi connectivity index (χ2v) is 5.59. The number of aromatic nitrogens is 1. The highest BCUT2D eigenvalue weighted by Crippen LogP contribution is 2.24. The summed E-state index contributed by atoms with van der Waals surface area (Å²) in [5.41, 5.74) is 2.16. The number of nitrogens with zero attached hydrogens (tertiary/aromatic N) is 1. The minimum absolute atomic E-state index is 0.185. The standard InChI is InChI=1S/C19H17NO3/c1-13(19(22)23)16-11-18(21)20(12-14-7-3-2-4-8-14)17-10-6-5-9-15(16)17/h2-11,13H,12H2,1H3,(H,22,23). The molecule has 0 spiro atoms. The molecule has 0 saturated heterocycles. The Morgan fingerprint density at radius 1 is 1.09 bits per heavy atom. The van der Waals surface area contributed by atoms with Crippen LogP contribution in [0.2, 0.25) is 0 Å². The lowest BCUT2D eigenvalue weighted by Crippen LogP contribution is -2.23. The van der Waals surface area contributed by atoms with E-state index in [-0.39, 0.29) is 5.56 Å². The van der Waals surface area contributed by atoms with Gasteiger partial charge in [-0.15, -0.1) is 0 Å². The van der Waals surface area contributed by atoms with Crippen LogP contribution < -0.4 is 5.56 Å². The Kier molecular flexibility index (Phi) is 3.98. The molecule has 1 unspecified atom stereocenters. The Morgan fingerprint density at radius 3 is 2.43 bits per heavy atom. The fourth-order valence-corrected chi connectivity index (χ4v) is 2.78. The topological polar surface area (TPSA) is 59.3 Å². The number of carboxylic acids is 1. The molecule has 1 heterocycles. The molecule has 2 aromatic carbocycles. The molecule has 0 saturated carbocycles. The zero-order chi connectivity index (χ0) is 16.4. The minimum atomic E-state index is -0.935. The van der Waals surface area contributed by atoms with Crippen LogP contribution in [0.5, 0.6) is 0 Å². The van der Waals surface area contributed by atoms with E-state index in [1.54, 1.807) is 11.5 Å². The zero-order valence-electron chi connectivity index (χ0n) is 12.8. The molecule has 4 heteroatoms. The zero-order valence-corrected chi connectivity index (χ0v) is 12.8. The molecule has 1 atom stereocenters. The molecular weight excluding hydrogens is 290 g/mol. The molecule has 0 bridgehead atoms. The Balaban J connectivity index is 2.21. The van der Waals surface area contributed by atoms with E-state index in [4.69, 9.17) is 0 Å². The first-order valence-electron chi connectivity index (χ1n) is 7.47. The SMILES string of the molecule is CC(C(=O)O)c1cc(=O)n(Cc2ccccc2)c2ccccc12. The summed E-state index contributed by atoms with van der Waals surface area (Å²) in [6, 6.07) is 18.6. The summed E-state index contributed by atoms with van der Waals surface area (Å²) in [5.74, 6) is -1.66. The third-order valence-electron chi connectivity index (χ3n) is 4.07. The van der Waals surface area contributed by atoms with Gasteiger partial charge in [-0.1, -0.05) is 48.5 Å². The summed E-state index contributed by atoms with van der Waals surface area (Å²) in [7, 11) is 0. The summed E-state index contributed by atoms with van der Waals surface area (Å²) >= 11 is 0. The van der Waals surface area contributed by atoms with Gasteiger partial charge in [0.15, 0.2) is 0 Å². The molecule has 23 heavy (non-hydrogen) atoms. The number of hydrogen-bond donors (Lipinski definition) is 1. The molecule has 1 aromatic heterocycles. The molecule has 0 aliphatic carbocycles. The Bertz CT molecular complexity index is 913. The van der Waals surface area contributed by atoms with E-state index in [0.717, 1.165) is 16.5 Å². The van der Waals surface area contributed by atoms with Crippen LogP contribution in [0.15, 0.2) is 65.5 Å². The van der Waals surface area contributed by atoms with E-state index >= 15 is 0 Å². The second kappa shape index (κ2) is 6.08. The normalized spacial score (nSPS) is 12.2. The number of pyridine rings is 1. The van der Waals surface area contributed by atoms with E-state index in [9.17, 15) is 14.7 Å². The van der Waals surface area contributed by atoms with Crippen molar-refractivity contribution < 1.29 is 9.90 Å². The molecule has 0 aliphatic rings. The second-order valence-electron chi connectivity index (χ2n) is 5.59. The molecule has 4 nitrogen and oxygen atoms in total. The van der Waals surface area contributed by atoms with Gasteiger partial charge < -0.3 is 9.67 Å². The van der Waals surface area contributed by atoms with Crippen LogP contribution in [0.4, 0.5) is 0 Å². The monoisotopic (exact) mass is 307 g/mol. The van der Waals surface area contributed by atoms with Crippen molar-refractivity contribution in [2.75, 3.05) is 0 Å². The average molecular weight is 307 g/mol. The van der Waals surface area contributed by atoms with Gasteiger partial charge in [-0.05, 0) is 24.1 Å². The lowest BCUT2D eigenvalue weighted by atomic mass is 9.97. The number of carboxylic acid groups (broad SMARTS) is 1. The highest BCUT2D eigenvalue weighted by molar-refractivity contribution is 5.88. The highest BCUT2D eigenvalue weighted by Gasteiger charge is 2.19. The number of aliphatic carboxylic acids is 1. The molecule has 3 aromatic rings. The van der Waals surface area contributed by atoms with Gasteiger partial charge >= 0.3 is 5.97 Å². The fourth-order valence-electron chi connectivity index (χ4n) is 2.78. The van der Waals surface area contributed by atoms with Gasteiger partial charge in [0.2, 0.25) is 0 Å². The average Bonchev–Trinajstić information content (AvgIpc) is 2.57. The van der Waals surface area contributed by atoms with Gasteiger partial charge in [-0.25, -0.2) is 0 Å². The van der Waals surface area contributed by atoms with Crippen molar-refractivity contribution in [1.82, 2.24) is 4.57 Å². The van der Waals surface area contributed by atoms with Crippen molar-refractivity contribution in [1.29, 1.82) is 0 Å². The summed E-state index contributed by atoms with van der Waals surface area (Å²) in [5, 5.41) is 10.1. The maximum atomic E-state index is 12.6. The molecule has 1 N–H and O–H groups in total. The van der Waals surface area contributed by atoms with Crippen molar-refractivity contribution in [3.05, 3.63) is 82.1 Å². The summed E-state index contributed by atoms with van der Waals surface area (Å²) in [4.78, 5) is 23.9. The Hall–Kier alpha value is -2.88. The van der Waals surface area contributed by atoms with Gasteiger partial charge in [0, 0.05) is 11.5 Å². The van der Waals surface area contributed by atoms with Crippen LogP contribution in [0.25, 0.3) is 10.9 Å². The molecule has 0 aliphatic heterocycles. The van der Waals surface area contributed by atoms with E-state index in [2.05, 4.69) is 0 Å². The molecular formula is C19H17NO3. The van der Waals surface area contributed by atoms with Crippen molar-refractivity contribution in [3.8, 4) is 0 Å². The molecule has 0 radical (unpaired) electrons. The van der Waals surface area contributed by atoms with Crippen LogP contribution in [0, 0.1) is 0 Å². The number of hydrogen-bond acceptors (Lipinski definition) is 2. The van der Waals surface area contributed by atoms with Crippen molar-refractivity contribution in [2.24, 2.45) is 0 Å². The number of para-hydroxylation sites is 1. The van der Waals surface area contributed by atoms with E-state index in [1.165, 1.54) is 6.07 Å². The molecule has 3 rings (SSSR count). The van der Waals surface area contributed by atoms with E-state index in [1.807, 2.05) is 54.6 Å². The molecule has 0 fully saturated rings. The third-order valence-corrected chi connectivity index (χ3v) is 4.07. The summed E-state index contributed by atoms with van der Waals surface area (Å²) in [6.07, 6.45) is 0. The molecule has 0 amide bonds. The first-order chi connectivity index (χ1) is 11.1. The van der Waals surface area contributed by atoms with Gasteiger partial charge in [-0.3, -0.25) is 9.59 Å². The predicted molar refractivity (Wildman–Crippen MR) is 89.8 cm³/mol. The largest absolute Gasteiger partial charge is 0.481 e. The Morgan fingerprint density at radius 2 is 1.74 bits per heavy atom. The van der Waals surface area contributed by atoms with E-state index < -0.39 is 11.9 Å². The van der Waals surface area contributed by atoms with Gasteiger partial charge in [-0.2, -0.15) is 0 Å². The quantitative estimate of drug-likeness (QED) is 0.805. The lowest BCUT2D eigenvalue weighted by molar-refractivity contribution is -0.138. The number of carbonyl (C=O) groups is 1. The lowest BCUT2D eigenvalue weighted by Gasteiger charge is -2.15. The van der Waals surface area contributed by atoms with Crippen LogP contribution in [0.3, 0.4) is 0 Å². The number of rotatable bonds is 4. The maximum absolute atomic E-state index is 12.6. The van der Waals surface area contributed by atoms with E-state index in [0.29, 0.717) is 12.1 Å². The van der Waals surface area contributed by atoms with Gasteiger partial charge in [0.05, 0.1) is 18.0 Å². The Labute approximate surface area is 133 Å². The maximum Gasteiger partial charge on any atom is 0.310 e. The van der Waals surface area contributed by atoms with Crippen LogP contribution >= 0.6 is 0 Å². The fraction of sp³-hybridized carbons (Fsp3) is 0.158. The van der Waals surface area contributed by atoms with Crippen molar-refractivity contribution in [2.45, 2.75) is 19.4 Å². The third kappa shape index (κ3) is 2.88. The summed E-state index contributed by atoms with van der Waals surface area (Å²) < 4.78 is 1.68. The van der Waals surface area contributed by atoms with Crippen molar-refractivity contribution >= 4 is 16.9 Å². The van der Waals surface area contributed by atoms with Crippen molar-refractivity contribution in [3.63, 3.8) is 0 Å². The van der Waals surface area contributed by atoms with Gasteiger partial charge in [0.25, 0.3) is 5.56 Å². The van der Waals surface area contributed by atoms with Crippen LogP contribution in [-0.4, -0.2) is 15.6 Å². The number of benzene rings is 2. The van der Waals surface area contributed by atoms with Crippen LogP contribution in [0.1, 0.15) is 24.0 Å². The minimum Gasteiger partial charge on any atom is -0.481 e. The smallest absolute Gasteiger partial charge is 0.310 e. The number of fused-ring (bicyclic) bond motifs is 1.